The van der Waals surface area contributed by atoms with Gasteiger partial charge in [0.1, 0.15) is 11.0 Å². The molecule has 2 heterocycles. The van der Waals surface area contributed by atoms with E-state index >= 15 is 0 Å². The van der Waals surface area contributed by atoms with Crippen LogP contribution in [0.4, 0.5) is 16.8 Å². The molecule has 8 heteroatoms. The summed E-state index contributed by atoms with van der Waals surface area (Å²) in [5.41, 5.74) is 9.23. The van der Waals surface area contributed by atoms with E-state index in [1.54, 1.807) is 24.3 Å². The number of aromatic carboxylic acids is 1. The van der Waals surface area contributed by atoms with E-state index in [0.717, 1.165) is 21.3 Å². The summed E-state index contributed by atoms with van der Waals surface area (Å²) in [6.45, 7) is 0. The summed E-state index contributed by atoms with van der Waals surface area (Å²) in [7, 11) is 1.86. The third kappa shape index (κ3) is 2.24. The number of nitrogens with two attached hydrogens (primary N) is 1. The molecule has 0 amide bonds. The van der Waals surface area contributed by atoms with Crippen LogP contribution in [-0.4, -0.2) is 25.6 Å². The van der Waals surface area contributed by atoms with Crippen LogP contribution < -0.4 is 11.1 Å². The van der Waals surface area contributed by atoms with Gasteiger partial charge in [0, 0.05) is 12.7 Å². The van der Waals surface area contributed by atoms with Gasteiger partial charge < -0.3 is 20.7 Å². The van der Waals surface area contributed by atoms with Gasteiger partial charge in [-0.2, -0.15) is 0 Å². The zero-order valence-electron chi connectivity index (χ0n) is 12.6. The minimum absolute atomic E-state index is 0.223. The third-order valence-electron chi connectivity index (χ3n) is 3.81. The number of aryl methyl sites for hydroxylation is 1. The second-order valence-electron chi connectivity index (χ2n) is 5.34. The quantitative estimate of drug-likeness (QED) is 0.529. The van der Waals surface area contributed by atoms with E-state index in [4.69, 9.17) is 10.8 Å². The molecule has 0 saturated heterocycles. The first-order chi connectivity index (χ1) is 11.5. The Morgan fingerprint density at radius 3 is 2.88 bits per heavy atom. The molecule has 0 unspecified atom stereocenters. The van der Waals surface area contributed by atoms with Gasteiger partial charge in [0.2, 0.25) is 5.95 Å². The van der Waals surface area contributed by atoms with E-state index in [-0.39, 0.29) is 5.56 Å². The lowest BCUT2D eigenvalue weighted by Crippen LogP contribution is -1.97. The van der Waals surface area contributed by atoms with Crippen LogP contribution >= 0.6 is 11.3 Å². The van der Waals surface area contributed by atoms with Crippen LogP contribution in [0.15, 0.2) is 36.4 Å². The summed E-state index contributed by atoms with van der Waals surface area (Å²) < 4.78 is 2.80. The third-order valence-corrected chi connectivity index (χ3v) is 4.74. The Bertz CT molecular complexity index is 1100. The number of nitrogens with one attached hydrogen (secondary N) is 1. The Morgan fingerprint density at radius 1 is 1.25 bits per heavy atom. The predicted octanol–water partition coefficient (Wildman–Crippen LogP) is 3.21. The fourth-order valence-corrected chi connectivity index (χ4v) is 3.46. The van der Waals surface area contributed by atoms with Crippen molar-refractivity contribution in [2.24, 2.45) is 7.05 Å². The molecular formula is C16H13N5O2S. The average Bonchev–Trinajstić information content (AvgIpc) is 3.09. The zero-order valence-corrected chi connectivity index (χ0v) is 13.5. The molecular weight excluding hydrogens is 326 g/mol. The van der Waals surface area contributed by atoms with Crippen molar-refractivity contribution in [1.29, 1.82) is 0 Å². The van der Waals surface area contributed by atoms with Crippen LogP contribution in [0.2, 0.25) is 0 Å². The van der Waals surface area contributed by atoms with E-state index in [0.29, 0.717) is 16.8 Å². The topological polar surface area (TPSA) is 106 Å². The first-order valence-corrected chi connectivity index (χ1v) is 7.96. The molecule has 0 atom stereocenters. The summed E-state index contributed by atoms with van der Waals surface area (Å²) in [6, 6.07) is 10.6. The summed E-state index contributed by atoms with van der Waals surface area (Å²) in [5.74, 6) is -0.525. The molecule has 0 aliphatic rings. The zero-order chi connectivity index (χ0) is 16.8. The van der Waals surface area contributed by atoms with Gasteiger partial charge in [-0.05, 0) is 30.3 Å². The Kier molecular flexibility index (Phi) is 3.14. The number of nitrogens with zero attached hydrogens (tertiary/aromatic N) is 3. The lowest BCUT2D eigenvalue weighted by Gasteiger charge is -2.02. The van der Waals surface area contributed by atoms with Gasteiger partial charge in [0.15, 0.2) is 5.13 Å². The van der Waals surface area contributed by atoms with Crippen LogP contribution in [0.25, 0.3) is 21.3 Å². The SMILES string of the molecule is Cn1c(N)nc2c3nc(Nc4cccc(C(=O)O)c4)sc3ccc21. The van der Waals surface area contributed by atoms with Crippen molar-refractivity contribution in [3.05, 3.63) is 42.0 Å². The van der Waals surface area contributed by atoms with Crippen LogP contribution in [0.1, 0.15) is 10.4 Å². The molecule has 7 nitrogen and oxygen atoms in total. The lowest BCUT2D eigenvalue weighted by atomic mass is 10.2. The number of anilines is 3. The maximum absolute atomic E-state index is 11.1. The minimum Gasteiger partial charge on any atom is -0.478 e. The number of fused-ring (bicyclic) bond motifs is 3. The van der Waals surface area contributed by atoms with Crippen molar-refractivity contribution in [2.45, 2.75) is 0 Å². The molecule has 120 valence electrons. The number of rotatable bonds is 3. The Labute approximate surface area is 140 Å². The first-order valence-electron chi connectivity index (χ1n) is 7.15. The molecule has 0 aliphatic heterocycles. The molecule has 2 aromatic heterocycles. The Hall–Kier alpha value is -3.13. The van der Waals surface area contributed by atoms with Crippen LogP contribution in [0.3, 0.4) is 0 Å². The highest BCUT2D eigenvalue weighted by Gasteiger charge is 2.13. The highest BCUT2D eigenvalue weighted by Crippen LogP contribution is 2.33. The van der Waals surface area contributed by atoms with Gasteiger partial charge in [-0.3, -0.25) is 0 Å². The molecule has 0 bridgehead atoms. The van der Waals surface area contributed by atoms with E-state index < -0.39 is 5.97 Å². The van der Waals surface area contributed by atoms with Crippen LogP contribution in [0.5, 0.6) is 0 Å². The fraction of sp³-hybridized carbons (Fsp3) is 0.0625. The molecule has 4 N–H and O–H groups in total. The summed E-state index contributed by atoms with van der Waals surface area (Å²) in [5, 5.41) is 12.9. The number of benzene rings is 2. The van der Waals surface area contributed by atoms with Crippen LogP contribution in [-0.2, 0) is 7.05 Å². The van der Waals surface area contributed by atoms with Gasteiger partial charge in [-0.15, -0.1) is 0 Å². The van der Waals surface area contributed by atoms with Crippen LogP contribution in [0, 0.1) is 0 Å². The van der Waals surface area contributed by atoms with E-state index in [9.17, 15) is 4.79 Å². The van der Waals surface area contributed by atoms with Crippen molar-refractivity contribution in [1.82, 2.24) is 14.5 Å². The molecule has 4 aromatic rings. The monoisotopic (exact) mass is 339 g/mol. The second kappa shape index (κ2) is 5.20. The Morgan fingerprint density at radius 2 is 2.08 bits per heavy atom. The number of carboxylic acid groups (broad SMARTS) is 1. The highest BCUT2D eigenvalue weighted by atomic mass is 32.1. The van der Waals surface area contributed by atoms with Crippen molar-refractivity contribution < 1.29 is 9.90 Å². The van der Waals surface area contributed by atoms with Crippen molar-refractivity contribution in [3.63, 3.8) is 0 Å². The molecule has 0 spiro atoms. The number of imidazole rings is 1. The van der Waals surface area contributed by atoms with E-state index in [2.05, 4.69) is 15.3 Å². The molecule has 0 radical (unpaired) electrons. The smallest absolute Gasteiger partial charge is 0.335 e. The van der Waals surface area contributed by atoms with Gasteiger partial charge in [-0.1, -0.05) is 17.4 Å². The number of carbonyl (C=O) groups is 1. The van der Waals surface area contributed by atoms with Crippen molar-refractivity contribution >= 4 is 55.3 Å². The van der Waals surface area contributed by atoms with Gasteiger partial charge in [-0.25, -0.2) is 14.8 Å². The Balaban J connectivity index is 1.78. The predicted molar refractivity (Wildman–Crippen MR) is 95.0 cm³/mol. The molecule has 0 saturated carbocycles. The summed E-state index contributed by atoms with van der Waals surface area (Å²) >= 11 is 1.48. The average molecular weight is 339 g/mol. The maximum Gasteiger partial charge on any atom is 0.335 e. The normalized spacial score (nSPS) is 11.2. The number of thiazole rings is 1. The largest absolute Gasteiger partial charge is 0.478 e. The number of hydrogen-bond donors (Lipinski definition) is 3. The van der Waals surface area contributed by atoms with Gasteiger partial charge >= 0.3 is 5.97 Å². The highest BCUT2D eigenvalue weighted by molar-refractivity contribution is 7.22. The van der Waals surface area contributed by atoms with Crippen molar-refractivity contribution in [2.75, 3.05) is 11.1 Å². The molecule has 0 fully saturated rings. The number of carboxylic acids is 1. The molecule has 2 aromatic carbocycles. The minimum atomic E-state index is -0.964. The summed E-state index contributed by atoms with van der Waals surface area (Å²) in [6.07, 6.45) is 0. The van der Waals surface area contributed by atoms with Crippen molar-refractivity contribution in [3.8, 4) is 0 Å². The lowest BCUT2D eigenvalue weighted by molar-refractivity contribution is 0.0697. The number of aromatic nitrogens is 3. The van der Waals surface area contributed by atoms with E-state index in [1.165, 1.54) is 11.3 Å². The van der Waals surface area contributed by atoms with Gasteiger partial charge in [0.05, 0.1) is 15.8 Å². The number of hydrogen-bond acceptors (Lipinski definition) is 6. The molecule has 4 rings (SSSR count). The van der Waals surface area contributed by atoms with Gasteiger partial charge in [0.25, 0.3) is 0 Å². The standard InChI is InChI=1S/C16H13N5O2S/c1-21-10-5-6-11-13(12(10)19-15(21)17)20-16(24-11)18-9-4-2-3-8(7-9)14(22)23/h2-7H,1H3,(H2,17,19)(H,18,20)(H,22,23). The fourth-order valence-electron chi connectivity index (χ4n) is 2.57. The molecule has 24 heavy (non-hydrogen) atoms. The first kappa shape index (κ1) is 14.5. The second-order valence-corrected chi connectivity index (χ2v) is 6.37. The maximum atomic E-state index is 11.1. The molecule has 0 aliphatic carbocycles. The van der Waals surface area contributed by atoms with E-state index in [1.807, 2.05) is 23.7 Å². The summed E-state index contributed by atoms with van der Waals surface area (Å²) in [4.78, 5) is 20.0. The number of nitrogen functional groups attached to an aromatic ring is 1.